The van der Waals surface area contributed by atoms with Crippen molar-refractivity contribution >= 4 is 5.78 Å². The minimum Gasteiger partial charge on any atom is -0.367 e. The lowest BCUT2D eigenvalue weighted by atomic mass is 10.1. The fraction of sp³-hybridized carbons (Fsp3) is 0.357. The first kappa shape index (κ1) is 13.5. The fourth-order valence-electron chi connectivity index (χ4n) is 2.14. The molecule has 0 aliphatic carbocycles. The van der Waals surface area contributed by atoms with Gasteiger partial charge >= 0.3 is 0 Å². The molecule has 1 N–H and O–H groups in total. The number of halogens is 2. The number of rotatable bonds is 3. The standard InChI is InChI=1S/C14H16F2N2O/c1-8-9(2)18(3)14(17-8)7-13(19)11-5-4-10(15)6-12(11)16/h4-6,14,17H,7H2,1-3H3. The Morgan fingerprint density at radius 3 is 2.58 bits per heavy atom. The predicted molar refractivity (Wildman–Crippen MR) is 68.4 cm³/mol. The number of hydrogen-bond donors (Lipinski definition) is 1. The van der Waals surface area contributed by atoms with Crippen molar-refractivity contribution in [1.82, 2.24) is 10.2 Å². The summed E-state index contributed by atoms with van der Waals surface area (Å²) >= 11 is 0. The van der Waals surface area contributed by atoms with Crippen LogP contribution in [-0.2, 0) is 0 Å². The highest BCUT2D eigenvalue weighted by molar-refractivity contribution is 5.96. The zero-order valence-electron chi connectivity index (χ0n) is 11.1. The van der Waals surface area contributed by atoms with Gasteiger partial charge in [-0.3, -0.25) is 4.79 Å². The third kappa shape index (κ3) is 2.59. The van der Waals surface area contributed by atoms with Crippen LogP contribution in [0.1, 0.15) is 30.6 Å². The van der Waals surface area contributed by atoms with Gasteiger partial charge in [0, 0.05) is 30.9 Å². The molecule has 1 unspecified atom stereocenters. The Hall–Kier alpha value is -1.91. The highest BCUT2D eigenvalue weighted by atomic mass is 19.1. The Bertz CT molecular complexity index is 554. The van der Waals surface area contributed by atoms with Gasteiger partial charge in [0.1, 0.15) is 17.8 Å². The second-order valence-corrected chi connectivity index (χ2v) is 4.73. The van der Waals surface area contributed by atoms with Crippen molar-refractivity contribution in [2.45, 2.75) is 26.4 Å². The summed E-state index contributed by atoms with van der Waals surface area (Å²) in [6, 6.07) is 3.01. The molecule has 1 heterocycles. The van der Waals surface area contributed by atoms with Gasteiger partial charge in [-0.05, 0) is 26.0 Å². The summed E-state index contributed by atoms with van der Waals surface area (Å²) < 4.78 is 26.3. The Kier molecular flexibility index (Phi) is 3.55. The minimum absolute atomic E-state index is 0.0705. The zero-order chi connectivity index (χ0) is 14.2. The number of carbonyl (C=O) groups is 1. The molecular formula is C14H16F2N2O. The number of ketones is 1. The van der Waals surface area contributed by atoms with Crippen molar-refractivity contribution in [3.05, 3.63) is 46.8 Å². The summed E-state index contributed by atoms with van der Waals surface area (Å²) in [6.45, 7) is 3.88. The molecule has 1 aromatic rings. The topological polar surface area (TPSA) is 32.3 Å². The highest BCUT2D eigenvalue weighted by Crippen LogP contribution is 2.21. The number of allylic oxidation sites excluding steroid dienone is 2. The zero-order valence-corrected chi connectivity index (χ0v) is 11.1. The first-order chi connectivity index (χ1) is 8.90. The molecule has 0 fully saturated rings. The molecule has 102 valence electrons. The maximum atomic E-state index is 13.5. The second kappa shape index (κ2) is 4.99. The Labute approximate surface area is 110 Å². The van der Waals surface area contributed by atoms with Gasteiger partial charge < -0.3 is 10.2 Å². The van der Waals surface area contributed by atoms with E-state index in [1.54, 1.807) is 0 Å². The molecule has 1 aromatic carbocycles. The van der Waals surface area contributed by atoms with E-state index in [0.29, 0.717) is 0 Å². The smallest absolute Gasteiger partial charge is 0.169 e. The van der Waals surface area contributed by atoms with E-state index in [1.807, 2.05) is 25.8 Å². The molecule has 1 aliphatic rings. The van der Waals surface area contributed by atoms with Gasteiger partial charge in [-0.25, -0.2) is 8.78 Å². The number of hydrogen-bond acceptors (Lipinski definition) is 3. The van der Waals surface area contributed by atoms with Crippen LogP contribution >= 0.6 is 0 Å². The van der Waals surface area contributed by atoms with Crippen molar-refractivity contribution in [3.63, 3.8) is 0 Å². The van der Waals surface area contributed by atoms with Crippen molar-refractivity contribution in [1.29, 1.82) is 0 Å². The summed E-state index contributed by atoms with van der Waals surface area (Å²) in [7, 11) is 1.87. The molecule has 0 spiro atoms. The molecular weight excluding hydrogens is 250 g/mol. The predicted octanol–water partition coefficient (Wildman–Crippen LogP) is 2.65. The summed E-state index contributed by atoms with van der Waals surface area (Å²) in [4.78, 5) is 14.0. The molecule has 5 heteroatoms. The van der Waals surface area contributed by atoms with Crippen molar-refractivity contribution in [3.8, 4) is 0 Å². The van der Waals surface area contributed by atoms with Crippen LogP contribution in [0.15, 0.2) is 29.6 Å². The molecule has 0 radical (unpaired) electrons. The van der Waals surface area contributed by atoms with Crippen molar-refractivity contribution in [2.75, 3.05) is 7.05 Å². The van der Waals surface area contributed by atoms with E-state index in [0.717, 1.165) is 23.5 Å². The Balaban J connectivity index is 2.11. The molecule has 0 saturated heterocycles. The fourth-order valence-corrected chi connectivity index (χ4v) is 2.14. The minimum atomic E-state index is -0.813. The third-order valence-electron chi connectivity index (χ3n) is 3.53. The lowest BCUT2D eigenvalue weighted by Gasteiger charge is -2.23. The van der Waals surface area contributed by atoms with Crippen molar-refractivity contribution in [2.24, 2.45) is 0 Å². The van der Waals surface area contributed by atoms with Gasteiger partial charge in [0.25, 0.3) is 0 Å². The first-order valence-electron chi connectivity index (χ1n) is 6.05. The normalized spacial score (nSPS) is 18.8. The van der Waals surface area contributed by atoms with Crippen LogP contribution in [0.4, 0.5) is 8.78 Å². The number of nitrogens with one attached hydrogen (secondary N) is 1. The van der Waals surface area contributed by atoms with Crippen molar-refractivity contribution < 1.29 is 13.6 Å². The Morgan fingerprint density at radius 2 is 2.05 bits per heavy atom. The SMILES string of the molecule is CC1=C(C)N(C)C(CC(=O)c2ccc(F)cc2F)N1. The summed E-state index contributed by atoms with van der Waals surface area (Å²) in [5.74, 6) is -1.84. The van der Waals surface area contributed by atoms with Crippen LogP contribution in [-0.4, -0.2) is 23.9 Å². The first-order valence-corrected chi connectivity index (χ1v) is 6.05. The van der Waals surface area contributed by atoms with E-state index in [-0.39, 0.29) is 23.9 Å². The summed E-state index contributed by atoms with van der Waals surface area (Å²) in [6.07, 6.45) is -0.0507. The van der Waals surface area contributed by atoms with Crippen LogP contribution in [0.25, 0.3) is 0 Å². The van der Waals surface area contributed by atoms with E-state index in [9.17, 15) is 13.6 Å². The molecule has 3 nitrogen and oxygen atoms in total. The number of benzene rings is 1. The third-order valence-corrected chi connectivity index (χ3v) is 3.53. The van der Waals surface area contributed by atoms with Gasteiger partial charge in [-0.1, -0.05) is 0 Å². The van der Waals surface area contributed by atoms with E-state index in [1.165, 1.54) is 6.07 Å². The number of Topliss-reactive ketones (excluding diaryl/α,β-unsaturated/α-hetero) is 1. The molecule has 0 saturated carbocycles. The largest absolute Gasteiger partial charge is 0.367 e. The average molecular weight is 266 g/mol. The van der Waals surface area contributed by atoms with E-state index in [2.05, 4.69) is 5.32 Å². The van der Waals surface area contributed by atoms with Crippen LogP contribution < -0.4 is 5.32 Å². The molecule has 0 bridgehead atoms. The van der Waals surface area contributed by atoms with Gasteiger partial charge in [0.2, 0.25) is 0 Å². The molecule has 0 amide bonds. The van der Waals surface area contributed by atoms with E-state index in [4.69, 9.17) is 0 Å². The van der Waals surface area contributed by atoms with Crippen LogP contribution in [0.5, 0.6) is 0 Å². The number of nitrogens with zero attached hydrogens (tertiary/aromatic N) is 1. The molecule has 2 rings (SSSR count). The number of carbonyl (C=O) groups excluding carboxylic acids is 1. The van der Waals surface area contributed by atoms with Crippen LogP contribution in [0, 0.1) is 11.6 Å². The Morgan fingerprint density at radius 1 is 1.37 bits per heavy atom. The summed E-state index contributed by atoms with van der Waals surface area (Å²) in [5.41, 5.74) is 1.98. The maximum absolute atomic E-state index is 13.5. The molecule has 0 aromatic heterocycles. The van der Waals surface area contributed by atoms with Crippen LogP contribution in [0.2, 0.25) is 0 Å². The van der Waals surface area contributed by atoms with Crippen LogP contribution in [0.3, 0.4) is 0 Å². The quantitative estimate of drug-likeness (QED) is 0.854. The van der Waals surface area contributed by atoms with Gasteiger partial charge in [0.05, 0.1) is 5.56 Å². The monoisotopic (exact) mass is 266 g/mol. The van der Waals surface area contributed by atoms with Gasteiger partial charge in [0.15, 0.2) is 5.78 Å². The second-order valence-electron chi connectivity index (χ2n) is 4.73. The summed E-state index contributed by atoms with van der Waals surface area (Å²) in [5, 5.41) is 3.17. The van der Waals surface area contributed by atoms with Gasteiger partial charge in [-0.15, -0.1) is 0 Å². The highest BCUT2D eigenvalue weighted by Gasteiger charge is 2.26. The van der Waals surface area contributed by atoms with E-state index >= 15 is 0 Å². The van der Waals surface area contributed by atoms with Gasteiger partial charge in [-0.2, -0.15) is 0 Å². The van der Waals surface area contributed by atoms with E-state index < -0.39 is 11.6 Å². The molecule has 1 aliphatic heterocycles. The lowest BCUT2D eigenvalue weighted by Crippen LogP contribution is -2.36. The average Bonchev–Trinajstić information content (AvgIpc) is 2.57. The maximum Gasteiger partial charge on any atom is 0.169 e. The lowest BCUT2D eigenvalue weighted by molar-refractivity contribution is 0.0942. The molecule has 19 heavy (non-hydrogen) atoms. The molecule has 1 atom stereocenters.